The lowest BCUT2D eigenvalue weighted by Gasteiger charge is -2.02. The number of hydrogen-bond donors (Lipinski definition) is 0. The number of benzene rings is 1. The molecule has 22 heavy (non-hydrogen) atoms. The van der Waals surface area contributed by atoms with Gasteiger partial charge in [-0.2, -0.15) is 9.61 Å². The third-order valence-corrected chi connectivity index (χ3v) is 6.13. The fourth-order valence-electron chi connectivity index (χ4n) is 2.14. The number of thiophene rings is 1. The van der Waals surface area contributed by atoms with Gasteiger partial charge in [-0.1, -0.05) is 40.6 Å². The van der Waals surface area contributed by atoms with E-state index in [-0.39, 0.29) is 0 Å². The lowest BCUT2D eigenvalue weighted by molar-refractivity contribution is 0.971. The Morgan fingerprint density at radius 1 is 1.14 bits per heavy atom. The fraction of sp³-hybridized carbons (Fsp3) is 0.0714. The Morgan fingerprint density at radius 3 is 2.77 bits per heavy atom. The van der Waals surface area contributed by atoms with E-state index in [1.54, 1.807) is 21.9 Å². The van der Waals surface area contributed by atoms with Crippen molar-refractivity contribution in [3.8, 4) is 21.3 Å². The Labute approximate surface area is 144 Å². The van der Waals surface area contributed by atoms with Crippen LogP contribution in [-0.2, 0) is 0 Å². The standard InChI is InChI=1S/C14H8Cl2N4S2/c1-7-5-6-21-11(7)13-19-20-12(17-18-14(20)22-13)8-3-2-4-9(15)10(8)16/h2-6H,1H3. The summed E-state index contributed by atoms with van der Waals surface area (Å²) in [6, 6.07) is 7.52. The molecule has 0 aliphatic heterocycles. The Balaban J connectivity index is 1.92. The van der Waals surface area contributed by atoms with Crippen molar-refractivity contribution >= 4 is 50.8 Å². The molecule has 8 heteroatoms. The third-order valence-electron chi connectivity index (χ3n) is 3.24. The van der Waals surface area contributed by atoms with Crippen LogP contribution in [0.1, 0.15) is 5.56 Å². The van der Waals surface area contributed by atoms with Gasteiger partial charge < -0.3 is 0 Å². The van der Waals surface area contributed by atoms with Crippen molar-refractivity contribution in [2.24, 2.45) is 0 Å². The van der Waals surface area contributed by atoms with Crippen LogP contribution in [0.3, 0.4) is 0 Å². The Morgan fingerprint density at radius 2 is 2.00 bits per heavy atom. The lowest BCUT2D eigenvalue weighted by atomic mass is 10.2. The van der Waals surface area contributed by atoms with Crippen molar-refractivity contribution in [1.82, 2.24) is 19.8 Å². The second-order valence-corrected chi connectivity index (χ2v) is 7.32. The van der Waals surface area contributed by atoms with Crippen LogP contribution in [0.15, 0.2) is 29.6 Å². The van der Waals surface area contributed by atoms with Crippen molar-refractivity contribution < 1.29 is 0 Å². The average Bonchev–Trinajstić information content (AvgIpc) is 3.17. The number of rotatable bonds is 2. The first kappa shape index (κ1) is 14.1. The van der Waals surface area contributed by atoms with Gasteiger partial charge in [0.25, 0.3) is 0 Å². The third kappa shape index (κ3) is 2.14. The first-order chi connectivity index (χ1) is 10.6. The molecule has 110 valence electrons. The molecular formula is C14H8Cl2N4S2. The van der Waals surface area contributed by atoms with Gasteiger partial charge in [0, 0.05) is 5.56 Å². The van der Waals surface area contributed by atoms with Crippen LogP contribution in [0.25, 0.3) is 26.2 Å². The number of hydrogen-bond acceptors (Lipinski definition) is 5. The normalized spacial score (nSPS) is 11.4. The number of aryl methyl sites for hydroxylation is 1. The Hall–Kier alpha value is -1.47. The van der Waals surface area contributed by atoms with E-state index < -0.39 is 0 Å². The molecule has 0 unspecified atom stereocenters. The zero-order chi connectivity index (χ0) is 15.3. The first-order valence-corrected chi connectivity index (χ1v) is 8.81. The molecule has 0 N–H and O–H groups in total. The minimum absolute atomic E-state index is 0.459. The number of aromatic nitrogens is 4. The molecular weight excluding hydrogens is 359 g/mol. The molecule has 0 saturated heterocycles. The highest BCUT2D eigenvalue weighted by atomic mass is 35.5. The molecule has 0 aliphatic rings. The van der Waals surface area contributed by atoms with E-state index in [1.807, 2.05) is 12.1 Å². The SMILES string of the molecule is Cc1ccsc1-c1nn2c(-c3cccc(Cl)c3Cl)nnc2s1. The van der Waals surface area contributed by atoms with E-state index in [0.717, 1.165) is 20.4 Å². The van der Waals surface area contributed by atoms with Crippen molar-refractivity contribution in [3.63, 3.8) is 0 Å². The van der Waals surface area contributed by atoms with Gasteiger partial charge in [0.1, 0.15) is 0 Å². The summed E-state index contributed by atoms with van der Waals surface area (Å²) in [5.41, 5.74) is 1.93. The van der Waals surface area contributed by atoms with Crippen LogP contribution in [-0.4, -0.2) is 19.8 Å². The van der Waals surface area contributed by atoms with Gasteiger partial charge in [0.05, 0.1) is 14.9 Å². The first-order valence-electron chi connectivity index (χ1n) is 6.36. The molecule has 1 aromatic carbocycles. The molecule has 0 radical (unpaired) electrons. The Kier molecular flexibility index (Phi) is 3.41. The van der Waals surface area contributed by atoms with Crippen LogP contribution in [0.5, 0.6) is 0 Å². The summed E-state index contributed by atoms with van der Waals surface area (Å²) >= 11 is 15.5. The maximum Gasteiger partial charge on any atom is 0.235 e. The number of nitrogens with zero attached hydrogens (tertiary/aromatic N) is 4. The summed E-state index contributed by atoms with van der Waals surface area (Å²) in [6.45, 7) is 2.07. The molecule has 4 nitrogen and oxygen atoms in total. The van der Waals surface area contributed by atoms with Crippen molar-refractivity contribution in [3.05, 3.63) is 45.3 Å². The van der Waals surface area contributed by atoms with Gasteiger partial charge >= 0.3 is 0 Å². The van der Waals surface area contributed by atoms with E-state index in [2.05, 4.69) is 33.7 Å². The molecule has 0 aliphatic carbocycles. The van der Waals surface area contributed by atoms with Crippen LogP contribution in [0, 0.1) is 6.92 Å². The summed E-state index contributed by atoms with van der Waals surface area (Å²) in [6.07, 6.45) is 0. The van der Waals surface area contributed by atoms with Crippen LogP contribution >= 0.6 is 45.9 Å². The molecule has 0 saturated carbocycles. The van der Waals surface area contributed by atoms with Crippen LogP contribution in [0.4, 0.5) is 0 Å². The van der Waals surface area contributed by atoms with Gasteiger partial charge in [-0.05, 0) is 36.1 Å². The largest absolute Gasteiger partial charge is 0.235 e. The second kappa shape index (κ2) is 5.31. The molecule has 0 spiro atoms. The van der Waals surface area contributed by atoms with Gasteiger partial charge in [-0.25, -0.2) is 0 Å². The van der Waals surface area contributed by atoms with E-state index in [9.17, 15) is 0 Å². The minimum atomic E-state index is 0.459. The van der Waals surface area contributed by atoms with E-state index in [4.69, 9.17) is 23.2 Å². The van der Waals surface area contributed by atoms with Crippen molar-refractivity contribution in [2.45, 2.75) is 6.92 Å². The minimum Gasteiger partial charge on any atom is -0.182 e. The monoisotopic (exact) mass is 366 g/mol. The van der Waals surface area contributed by atoms with Crippen LogP contribution in [0.2, 0.25) is 10.0 Å². The topological polar surface area (TPSA) is 43.1 Å². The molecule has 0 fully saturated rings. The van der Waals surface area contributed by atoms with E-state index in [0.29, 0.717) is 15.9 Å². The predicted octanol–water partition coefficient (Wildman–Crippen LogP) is 5.20. The second-order valence-electron chi connectivity index (χ2n) is 4.66. The molecule has 4 rings (SSSR count). The highest BCUT2D eigenvalue weighted by molar-refractivity contribution is 7.24. The average molecular weight is 367 g/mol. The predicted molar refractivity (Wildman–Crippen MR) is 92.2 cm³/mol. The molecule has 0 bridgehead atoms. The summed E-state index contributed by atoms with van der Waals surface area (Å²) < 4.78 is 1.72. The summed E-state index contributed by atoms with van der Waals surface area (Å²) in [5, 5.41) is 17.0. The van der Waals surface area contributed by atoms with Crippen molar-refractivity contribution in [2.75, 3.05) is 0 Å². The number of fused-ring (bicyclic) bond motifs is 1. The van der Waals surface area contributed by atoms with Crippen molar-refractivity contribution in [1.29, 1.82) is 0 Å². The quantitative estimate of drug-likeness (QED) is 0.489. The van der Waals surface area contributed by atoms with Gasteiger partial charge in [-0.15, -0.1) is 21.5 Å². The zero-order valence-corrected chi connectivity index (χ0v) is 14.4. The molecule has 0 atom stereocenters. The Bertz CT molecular complexity index is 986. The maximum atomic E-state index is 6.28. The molecule has 3 aromatic heterocycles. The number of halogens is 2. The fourth-order valence-corrected chi connectivity index (χ4v) is 4.45. The van der Waals surface area contributed by atoms with Gasteiger partial charge in [0.2, 0.25) is 4.96 Å². The highest BCUT2D eigenvalue weighted by Gasteiger charge is 2.18. The highest BCUT2D eigenvalue weighted by Crippen LogP contribution is 2.36. The maximum absolute atomic E-state index is 6.28. The lowest BCUT2D eigenvalue weighted by Crippen LogP contribution is -1.92. The summed E-state index contributed by atoms with van der Waals surface area (Å²) in [7, 11) is 0. The van der Waals surface area contributed by atoms with Gasteiger partial charge in [0.15, 0.2) is 10.8 Å². The van der Waals surface area contributed by atoms with E-state index >= 15 is 0 Å². The van der Waals surface area contributed by atoms with Crippen LogP contribution < -0.4 is 0 Å². The molecule has 3 heterocycles. The van der Waals surface area contributed by atoms with Gasteiger partial charge in [-0.3, -0.25) is 0 Å². The zero-order valence-electron chi connectivity index (χ0n) is 11.2. The summed E-state index contributed by atoms with van der Waals surface area (Å²) in [4.78, 5) is 1.88. The molecule has 4 aromatic rings. The smallest absolute Gasteiger partial charge is 0.182 e. The van der Waals surface area contributed by atoms with E-state index in [1.165, 1.54) is 16.9 Å². The summed E-state index contributed by atoms with van der Waals surface area (Å²) in [5.74, 6) is 0.596. The molecule has 0 amide bonds.